The molecule has 2 fully saturated rings. The van der Waals surface area contributed by atoms with E-state index in [0.717, 1.165) is 25.9 Å². The van der Waals surface area contributed by atoms with Crippen LogP contribution in [-0.4, -0.2) is 123 Å². The standard InChI is InChI=1S/C36H60N2O9/c1-9-28(40)25(4)33-29(45-33)22-35(5,43)17-10-11-23(2)32-24(3)12-13-30(36(6,44)18-14-27(39)21-31(41)47-32)46-34(42)38(8)26-15-19-37(7)20-16-26/h10-13,17,24-30,32-33,39-40,43-44H,9,14-16,18-22H2,1-8H3/b13-12+,17-10+,23-11+. The number of carbonyl (C=O) groups is 2. The SMILES string of the molecule is CCC(O)C(C)C1OC1CC(C)(O)/C=C/C=C(\C)C1OC(=O)CC(O)CCC(C)(O)C(OC(=O)N(C)C2CCN(C)CC2)/C=C/C1C. The van der Waals surface area contributed by atoms with Gasteiger partial charge in [0.05, 0.1) is 36.4 Å². The number of likely N-dealkylation sites (tertiary alicyclic amines) is 1. The van der Waals surface area contributed by atoms with Crippen molar-refractivity contribution < 1.29 is 44.2 Å². The Morgan fingerprint density at radius 2 is 1.94 bits per heavy atom. The summed E-state index contributed by atoms with van der Waals surface area (Å²) >= 11 is 0. The lowest BCUT2D eigenvalue weighted by atomic mass is 9.88. The molecule has 4 N–H and O–H groups in total. The molecule has 10 atom stereocenters. The van der Waals surface area contributed by atoms with E-state index >= 15 is 0 Å². The molecule has 0 aromatic rings. The number of esters is 1. The maximum Gasteiger partial charge on any atom is 0.410 e. The number of cyclic esters (lactones) is 1. The fourth-order valence-corrected chi connectivity index (χ4v) is 6.53. The molecule has 0 aliphatic carbocycles. The average Bonchev–Trinajstić information content (AvgIpc) is 3.77. The second kappa shape index (κ2) is 16.9. The van der Waals surface area contributed by atoms with Gasteiger partial charge in [0.1, 0.15) is 11.7 Å². The van der Waals surface area contributed by atoms with Crippen LogP contribution < -0.4 is 0 Å². The normalized spacial score (nSPS) is 35.1. The quantitative estimate of drug-likeness (QED) is 0.118. The number of hydrogen-bond donors (Lipinski definition) is 4. The van der Waals surface area contributed by atoms with E-state index in [1.807, 2.05) is 27.7 Å². The maximum absolute atomic E-state index is 13.3. The number of allylic oxidation sites excluding steroid dienone is 2. The Morgan fingerprint density at radius 3 is 2.57 bits per heavy atom. The van der Waals surface area contributed by atoms with Gasteiger partial charge in [-0.25, -0.2) is 4.79 Å². The van der Waals surface area contributed by atoms with Gasteiger partial charge in [-0.2, -0.15) is 0 Å². The summed E-state index contributed by atoms with van der Waals surface area (Å²) in [6.07, 6.45) is 7.34. The van der Waals surface area contributed by atoms with Gasteiger partial charge in [0.25, 0.3) is 0 Å². The number of piperidine rings is 1. The third-order valence-corrected chi connectivity index (χ3v) is 10.1. The van der Waals surface area contributed by atoms with E-state index in [2.05, 4.69) is 11.9 Å². The number of rotatable bonds is 10. The highest BCUT2D eigenvalue weighted by Crippen LogP contribution is 2.37. The summed E-state index contributed by atoms with van der Waals surface area (Å²) in [7, 11) is 3.78. The summed E-state index contributed by atoms with van der Waals surface area (Å²) in [4.78, 5) is 29.9. The largest absolute Gasteiger partial charge is 0.457 e. The molecule has 3 heterocycles. The third kappa shape index (κ3) is 11.7. The van der Waals surface area contributed by atoms with Gasteiger partial charge >= 0.3 is 12.1 Å². The van der Waals surface area contributed by atoms with E-state index in [9.17, 15) is 30.0 Å². The Morgan fingerprint density at radius 1 is 1.28 bits per heavy atom. The molecule has 2 saturated heterocycles. The summed E-state index contributed by atoms with van der Waals surface area (Å²) < 4.78 is 17.5. The fourth-order valence-electron chi connectivity index (χ4n) is 6.53. The molecule has 1 amide bonds. The number of epoxide rings is 1. The summed E-state index contributed by atoms with van der Waals surface area (Å²) in [6, 6.07) is 0.0424. The van der Waals surface area contributed by atoms with E-state index < -0.39 is 47.7 Å². The zero-order valence-corrected chi connectivity index (χ0v) is 29.7. The topological polar surface area (TPSA) is 153 Å². The number of carbonyl (C=O) groups excluding carboxylic acids is 2. The van der Waals surface area contributed by atoms with Crippen LogP contribution >= 0.6 is 0 Å². The molecular weight excluding hydrogens is 604 g/mol. The Balaban J connectivity index is 1.75. The van der Waals surface area contributed by atoms with Gasteiger partial charge in [-0.05, 0) is 84.7 Å². The number of amides is 1. The molecule has 0 aromatic heterocycles. The van der Waals surface area contributed by atoms with Crippen LogP contribution in [0.15, 0.2) is 36.0 Å². The molecule has 0 spiro atoms. The van der Waals surface area contributed by atoms with Gasteiger partial charge in [0, 0.05) is 31.3 Å². The third-order valence-electron chi connectivity index (χ3n) is 10.1. The van der Waals surface area contributed by atoms with Crippen LogP contribution in [0.2, 0.25) is 0 Å². The van der Waals surface area contributed by atoms with Crippen molar-refractivity contribution in [3.05, 3.63) is 36.0 Å². The first-order valence-corrected chi connectivity index (χ1v) is 17.3. The molecular formula is C36H60N2O9. The van der Waals surface area contributed by atoms with Gasteiger partial charge in [0.15, 0.2) is 6.10 Å². The molecule has 0 radical (unpaired) electrons. The zero-order valence-electron chi connectivity index (χ0n) is 29.7. The average molecular weight is 665 g/mol. The number of hydrogen-bond acceptors (Lipinski definition) is 10. The van der Waals surface area contributed by atoms with E-state index in [1.165, 1.54) is 0 Å². The van der Waals surface area contributed by atoms with Crippen molar-refractivity contribution in [1.29, 1.82) is 0 Å². The molecule has 0 aromatic carbocycles. The number of aliphatic hydroxyl groups is 4. The molecule has 3 aliphatic rings. The van der Waals surface area contributed by atoms with E-state index in [1.54, 1.807) is 56.2 Å². The van der Waals surface area contributed by atoms with Gasteiger partial charge in [0.2, 0.25) is 0 Å². The van der Waals surface area contributed by atoms with Crippen molar-refractivity contribution >= 4 is 12.1 Å². The van der Waals surface area contributed by atoms with Crippen molar-refractivity contribution in [2.24, 2.45) is 11.8 Å². The minimum Gasteiger partial charge on any atom is -0.457 e. The predicted molar refractivity (Wildman–Crippen MR) is 179 cm³/mol. The first kappa shape index (κ1) is 39.2. The molecule has 11 heteroatoms. The van der Waals surface area contributed by atoms with Crippen LogP contribution in [0.4, 0.5) is 4.79 Å². The lowest BCUT2D eigenvalue weighted by Crippen LogP contribution is -2.48. The van der Waals surface area contributed by atoms with E-state index in [-0.39, 0.29) is 49.3 Å². The summed E-state index contributed by atoms with van der Waals surface area (Å²) in [6.45, 7) is 12.6. The minimum absolute atomic E-state index is 0.0114. The Labute approximate surface area is 281 Å². The van der Waals surface area contributed by atoms with Crippen LogP contribution in [0.5, 0.6) is 0 Å². The smallest absolute Gasteiger partial charge is 0.410 e. The Bertz CT molecular complexity index is 1130. The van der Waals surface area contributed by atoms with Crippen molar-refractivity contribution in [2.45, 2.75) is 140 Å². The van der Waals surface area contributed by atoms with E-state index in [4.69, 9.17) is 14.2 Å². The minimum atomic E-state index is -1.49. The van der Waals surface area contributed by atoms with Crippen LogP contribution in [0.1, 0.15) is 86.5 Å². The molecule has 11 nitrogen and oxygen atoms in total. The van der Waals surface area contributed by atoms with Gasteiger partial charge in [-0.15, -0.1) is 0 Å². The summed E-state index contributed by atoms with van der Waals surface area (Å²) in [5.41, 5.74) is -1.94. The Hall–Kier alpha value is -2.28. The van der Waals surface area contributed by atoms with Crippen LogP contribution in [0.25, 0.3) is 0 Å². The van der Waals surface area contributed by atoms with Crippen molar-refractivity contribution in [3.8, 4) is 0 Å². The molecule has 268 valence electrons. The lowest BCUT2D eigenvalue weighted by Gasteiger charge is -2.37. The van der Waals surface area contributed by atoms with Crippen molar-refractivity contribution in [3.63, 3.8) is 0 Å². The van der Waals surface area contributed by atoms with Gasteiger partial charge in [-0.1, -0.05) is 45.1 Å². The summed E-state index contributed by atoms with van der Waals surface area (Å²) in [5, 5.41) is 43.2. The fraction of sp³-hybridized carbons (Fsp3) is 0.778. The second-order valence-corrected chi connectivity index (χ2v) is 14.7. The predicted octanol–water partition coefficient (Wildman–Crippen LogP) is 3.74. The van der Waals surface area contributed by atoms with Gasteiger partial charge in [-0.3, -0.25) is 4.79 Å². The molecule has 10 unspecified atom stereocenters. The van der Waals surface area contributed by atoms with Crippen LogP contribution in [-0.2, 0) is 19.0 Å². The maximum atomic E-state index is 13.3. The van der Waals surface area contributed by atoms with Crippen LogP contribution in [0.3, 0.4) is 0 Å². The molecule has 3 aliphatic heterocycles. The monoisotopic (exact) mass is 664 g/mol. The van der Waals surface area contributed by atoms with Crippen molar-refractivity contribution in [2.75, 3.05) is 27.2 Å². The summed E-state index contributed by atoms with van der Waals surface area (Å²) in [5.74, 6) is -0.950. The van der Waals surface area contributed by atoms with Crippen LogP contribution in [0, 0.1) is 11.8 Å². The zero-order chi connectivity index (χ0) is 35.1. The molecule has 47 heavy (non-hydrogen) atoms. The first-order chi connectivity index (χ1) is 21.9. The lowest BCUT2D eigenvalue weighted by molar-refractivity contribution is -0.151. The highest BCUT2D eigenvalue weighted by Gasteiger charge is 2.47. The number of aliphatic hydroxyl groups excluding tert-OH is 2. The van der Waals surface area contributed by atoms with E-state index in [0.29, 0.717) is 18.4 Å². The first-order valence-electron chi connectivity index (χ1n) is 17.3. The molecule has 0 bridgehead atoms. The Kier molecular flexibility index (Phi) is 14.1. The number of ether oxygens (including phenoxy) is 3. The highest BCUT2D eigenvalue weighted by atomic mass is 16.6. The van der Waals surface area contributed by atoms with Crippen molar-refractivity contribution in [1.82, 2.24) is 9.80 Å². The second-order valence-electron chi connectivity index (χ2n) is 14.7. The number of nitrogens with zero attached hydrogens (tertiary/aromatic N) is 2. The molecule has 3 rings (SSSR count). The highest BCUT2D eigenvalue weighted by molar-refractivity contribution is 5.70. The molecule has 0 saturated carbocycles. The van der Waals surface area contributed by atoms with Gasteiger partial charge < -0.3 is 44.4 Å².